The lowest BCUT2D eigenvalue weighted by Crippen LogP contribution is -2.08. The van der Waals surface area contributed by atoms with Crippen LogP contribution in [-0.2, 0) is 10.5 Å². The number of hydrogen-bond donors (Lipinski definition) is 1. The Morgan fingerprint density at radius 2 is 2.05 bits per heavy atom. The predicted molar refractivity (Wildman–Crippen MR) is 89.7 cm³/mol. The van der Waals surface area contributed by atoms with Gasteiger partial charge in [-0.15, -0.1) is 11.8 Å². The highest BCUT2D eigenvalue weighted by Crippen LogP contribution is 2.35. The van der Waals surface area contributed by atoms with Crippen molar-refractivity contribution in [3.8, 4) is 11.5 Å². The topological polar surface area (TPSA) is 55.8 Å². The summed E-state index contributed by atoms with van der Waals surface area (Å²) in [6.45, 7) is 0. The van der Waals surface area contributed by atoms with E-state index in [9.17, 15) is 9.90 Å². The van der Waals surface area contributed by atoms with Crippen LogP contribution in [0.3, 0.4) is 0 Å². The molecule has 0 atom stereocenters. The van der Waals surface area contributed by atoms with Gasteiger partial charge in [-0.3, -0.25) is 0 Å². The molecule has 0 spiro atoms. The van der Waals surface area contributed by atoms with E-state index >= 15 is 0 Å². The molecule has 0 saturated heterocycles. The van der Waals surface area contributed by atoms with Gasteiger partial charge in [0, 0.05) is 10.6 Å². The maximum absolute atomic E-state index is 12.1. The van der Waals surface area contributed by atoms with Crippen LogP contribution in [0.1, 0.15) is 15.9 Å². The highest BCUT2D eigenvalue weighted by molar-refractivity contribution is 9.10. The smallest absolute Gasteiger partial charge is 0.342 e. The third kappa shape index (κ3) is 3.75. The first-order chi connectivity index (χ1) is 10.6. The molecule has 0 radical (unpaired) electrons. The Bertz CT molecular complexity index is 688. The van der Waals surface area contributed by atoms with E-state index in [1.165, 1.54) is 26.0 Å². The van der Waals surface area contributed by atoms with E-state index in [1.807, 2.05) is 18.2 Å². The molecule has 0 unspecified atom stereocenters. The Morgan fingerprint density at radius 1 is 1.27 bits per heavy atom. The Labute approximate surface area is 141 Å². The average molecular weight is 383 g/mol. The maximum Gasteiger partial charge on any atom is 0.342 e. The highest BCUT2D eigenvalue weighted by atomic mass is 79.9. The lowest BCUT2D eigenvalue weighted by atomic mass is 10.1. The Morgan fingerprint density at radius 3 is 2.68 bits per heavy atom. The number of methoxy groups -OCH3 is 2. The second kappa shape index (κ2) is 7.56. The van der Waals surface area contributed by atoms with Crippen molar-refractivity contribution in [2.24, 2.45) is 0 Å². The van der Waals surface area contributed by atoms with Gasteiger partial charge in [0.05, 0.1) is 18.7 Å². The molecule has 2 aromatic rings. The molecule has 2 aromatic carbocycles. The van der Waals surface area contributed by atoms with E-state index in [4.69, 9.17) is 9.47 Å². The predicted octanol–water partition coefficient (Wildman–Crippen LogP) is 4.24. The molecule has 0 aliphatic carbocycles. The second-order valence-electron chi connectivity index (χ2n) is 4.39. The number of esters is 1. The fraction of sp³-hybridized carbons (Fsp3) is 0.188. The Kier molecular flexibility index (Phi) is 5.74. The monoisotopic (exact) mass is 382 g/mol. The molecule has 116 valence electrons. The van der Waals surface area contributed by atoms with Crippen LogP contribution in [0, 0.1) is 0 Å². The van der Waals surface area contributed by atoms with Gasteiger partial charge in [-0.25, -0.2) is 4.79 Å². The number of carbonyl (C=O) groups excluding carboxylic acids is 1. The summed E-state index contributed by atoms with van der Waals surface area (Å²) in [5, 5.41) is 9.50. The fourth-order valence-electron chi connectivity index (χ4n) is 1.98. The molecule has 4 nitrogen and oxygen atoms in total. The molecule has 0 fully saturated rings. The number of carbonyl (C=O) groups is 1. The summed E-state index contributed by atoms with van der Waals surface area (Å²) in [7, 11) is 2.85. The van der Waals surface area contributed by atoms with Gasteiger partial charge in [0.15, 0.2) is 0 Å². The largest absolute Gasteiger partial charge is 0.508 e. The number of phenols is 1. The number of aromatic hydroxyl groups is 1. The molecule has 2 rings (SSSR count). The van der Waals surface area contributed by atoms with Crippen molar-refractivity contribution in [1.29, 1.82) is 0 Å². The molecule has 0 aliphatic heterocycles. The molecule has 0 saturated carbocycles. The zero-order chi connectivity index (χ0) is 16.1. The van der Waals surface area contributed by atoms with E-state index in [1.54, 1.807) is 18.2 Å². The van der Waals surface area contributed by atoms with E-state index in [0.717, 1.165) is 10.5 Å². The van der Waals surface area contributed by atoms with Crippen molar-refractivity contribution in [2.75, 3.05) is 14.2 Å². The molecule has 0 bridgehead atoms. The number of phenolic OH excluding ortho intramolecular Hbond substituents is 1. The third-order valence-corrected chi connectivity index (χ3v) is 4.67. The highest BCUT2D eigenvalue weighted by Gasteiger charge is 2.20. The lowest BCUT2D eigenvalue weighted by Gasteiger charge is -2.13. The van der Waals surface area contributed by atoms with Crippen molar-refractivity contribution in [2.45, 2.75) is 10.6 Å². The minimum atomic E-state index is -0.440. The van der Waals surface area contributed by atoms with Gasteiger partial charge < -0.3 is 14.6 Å². The van der Waals surface area contributed by atoms with Crippen molar-refractivity contribution >= 4 is 33.7 Å². The zero-order valence-electron chi connectivity index (χ0n) is 12.1. The number of benzene rings is 2. The number of halogens is 1. The SMILES string of the molecule is COC(=O)c1c(CSc2cccc(O)c2)ccc(Br)c1OC. The summed E-state index contributed by atoms with van der Waals surface area (Å²) < 4.78 is 10.9. The summed E-state index contributed by atoms with van der Waals surface area (Å²) in [5.41, 5.74) is 1.22. The van der Waals surface area contributed by atoms with Crippen LogP contribution >= 0.6 is 27.7 Å². The van der Waals surface area contributed by atoms with Gasteiger partial charge in [-0.05, 0) is 45.8 Å². The average Bonchev–Trinajstić information content (AvgIpc) is 2.52. The second-order valence-corrected chi connectivity index (χ2v) is 6.30. The first-order valence-corrected chi connectivity index (χ1v) is 8.20. The van der Waals surface area contributed by atoms with Crippen molar-refractivity contribution in [3.63, 3.8) is 0 Å². The number of hydrogen-bond acceptors (Lipinski definition) is 5. The zero-order valence-corrected chi connectivity index (χ0v) is 14.5. The fourth-order valence-corrected chi connectivity index (χ4v) is 3.41. The number of ether oxygens (including phenoxy) is 2. The van der Waals surface area contributed by atoms with Crippen LogP contribution in [-0.4, -0.2) is 25.3 Å². The molecular formula is C16H15BrO4S. The Balaban J connectivity index is 2.32. The molecule has 0 aliphatic rings. The first-order valence-electron chi connectivity index (χ1n) is 6.42. The van der Waals surface area contributed by atoms with E-state index in [-0.39, 0.29) is 5.75 Å². The number of rotatable bonds is 5. The minimum Gasteiger partial charge on any atom is -0.508 e. The van der Waals surface area contributed by atoms with Gasteiger partial charge >= 0.3 is 5.97 Å². The maximum atomic E-state index is 12.1. The summed E-state index contributed by atoms with van der Waals surface area (Å²) in [4.78, 5) is 13.0. The first kappa shape index (κ1) is 16.7. The lowest BCUT2D eigenvalue weighted by molar-refractivity contribution is 0.0596. The van der Waals surface area contributed by atoms with Gasteiger partial charge in [0.1, 0.15) is 17.1 Å². The molecule has 1 N–H and O–H groups in total. The van der Waals surface area contributed by atoms with E-state index in [0.29, 0.717) is 21.5 Å². The standard InChI is InChI=1S/C16H15BrO4S/c1-20-15-13(17)7-6-10(14(15)16(19)21-2)9-22-12-5-3-4-11(18)8-12/h3-8,18H,9H2,1-2H3. The quantitative estimate of drug-likeness (QED) is 0.618. The van der Waals surface area contributed by atoms with Crippen LogP contribution in [0.2, 0.25) is 0 Å². The van der Waals surface area contributed by atoms with Gasteiger partial charge in [0.2, 0.25) is 0 Å². The molecule has 22 heavy (non-hydrogen) atoms. The van der Waals surface area contributed by atoms with Gasteiger partial charge in [-0.1, -0.05) is 12.1 Å². The Hall–Kier alpha value is -1.66. The van der Waals surface area contributed by atoms with Crippen molar-refractivity contribution < 1.29 is 19.4 Å². The normalized spacial score (nSPS) is 10.3. The van der Waals surface area contributed by atoms with Gasteiger partial charge in [-0.2, -0.15) is 0 Å². The minimum absolute atomic E-state index is 0.214. The summed E-state index contributed by atoms with van der Waals surface area (Å²) in [5.74, 6) is 0.787. The van der Waals surface area contributed by atoms with Crippen molar-refractivity contribution in [1.82, 2.24) is 0 Å². The van der Waals surface area contributed by atoms with Crippen molar-refractivity contribution in [3.05, 3.63) is 52.0 Å². The third-order valence-electron chi connectivity index (χ3n) is 3.00. The summed E-state index contributed by atoms with van der Waals surface area (Å²) >= 11 is 4.89. The van der Waals surface area contributed by atoms with Crippen LogP contribution < -0.4 is 4.74 Å². The van der Waals surface area contributed by atoms with Crippen LogP contribution in [0.15, 0.2) is 45.8 Å². The van der Waals surface area contributed by atoms with Crippen LogP contribution in [0.25, 0.3) is 0 Å². The molecular weight excluding hydrogens is 368 g/mol. The molecule has 0 heterocycles. The van der Waals surface area contributed by atoms with Crippen LogP contribution in [0.5, 0.6) is 11.5 Å². The summed E-state index contributed by atoms with van der Waals surface area (Å²) in [6, 6.07) is 10.7. The molecule has 6 heteroatoms. The van der Waals surface area contributed by atoms with Gasteiger partial charge in [0.25, 0.3) is 0 Å². The van der Waals surface area contributed by atoms with Crippen LogP contribution in [0.4, 0.5) is 0 Å². The summed E-state index contributed by atoms with van der Waals surface area (Å²) in [6.07, 6.45) is 0. The molecule has 0 amide bonds. The van der Waals surface area contributed by atoms with E-state index < -0.39 is 5.97 Å². The molecule has 0 aromatic heterocycles. The van der Waals surface area contributed by atoms with E-state index in [2.05, 4.69) is 15.9 Å². The number of thioether (sulfide) groups is 1.